The van der Waals surface area contributed by atoms with Crippen LogP contribution in [0.3, 0.4) is 0 Å². The van der Waals surface area contributed by atoms with Gasteiger partial charge < -0.3 is 24.4 Å². The van der Waals surface area contributed by atoms with Gasteiger partial charge in [-0.15, -0.1) is 4.36 Å². The molecule has 3 amide bonds. The highest BCUT2D eigenvalue weighted by molar-refractivity contribution is 7.92. The molecule has 10 nitrogen and oxygen atoms in total. The number of carbonyl (C=O) groups excluding carboxylic acids is 2. The Balaban J connectivity index is 1.28. The number of nitrogens with one attached hydrogen (secondary N) is 2. The van der Waals surface area contributed by atoms with Crippen LogP contribution in [0.5, 0.6) is 5.75 Å². The molecule has 1 saturated heterocycles. The lowest BCUT2D eigenvalue weighted by Crippen LogP contribution is -2.49. The van der Waals surface area contributed by atoms with Crippen molar-refractivity contribution in [1.29, 1.82) is 0 Å². The lowest BCUT2D eigenvalue weighted by molar-refractivity contribution is 0.0131. The summed E-state index contributed by atoms with van der Waals surface area (Å²) in [6.07, 6.45) is 10.9. The van der Waals surface area contributed by atoms with Gasteiger partial charge >= 0.3 is 6.03 Å². The number of fused-ring (bicyclic) bond motifs is 4. The van der Waals surface area contributed by atoms with E-state index in [1.807, 2.05) is 19.1 Å². The smallest absolute Gasteiger partial charge is 0.327 e. The van der Waals surface area contributed by atoms with Gasteiger partial charge in [-0.3, -0.25) is 9.52 Å². The monoisotopic (exact) mass is 690 g/mol. The van der Waals surface area contributed by atoms with E-state index in [4.69, 9.17) is 14.2 Å². The average molecular weight is 691 g/mol. The predicted molar refractivity (Wildman–Crippen MR) is 191 cm³/mol. The molecule has 264 valence electrons. The minimum atomic E-state index is -3.47. The highest BCUT2D eigenvalue weighted by Gasteiger charge is 2.44. The Kier molecular flexibility index (Phi) is 9.78. The fourth-order valence-electron chi connectivity index (χ4n) is 8.54. The van der Waals surface area contributed by atoms with Gasteiger partial charge in [0.05, 0.1) is 36.8 Å². The minimum Gasteiger partial charge on any atom is -0.490 e. The Morgan fingerprint density at radius 2 is 2.04 bits per heavy atom. The van der Waals surface area contributed by atoms with Crippen LogP contribution in [-0.2, 0) is 31.2 Å². The number of aryl methyl sites for hydroxylation is 2. The number of benzene rings is 2. The Labute approximate surface area is 290 Å². The maximum atomic E-state index is 14.4. The van der Waals surface area contributed by atoms with E-state index in [1.54, 1.807) is 13.2 Å². The number of hydrogen-bond donors (Lipinski definition) is 2. The van der Waals surface area contributed by atoms with Crippen molar-refractivity contribution in [3.05, 3.63) is 70.8 Å². The van der Waals surface area contributed by atoms with Crippen LogP contribution >= 0.6 is 0 Å². The van der Waals surface area contributed by atoms with Gasteiger partial charge in [-0.05, 0) is 98.9 Å². The largest absolute Gasteiger partial charge is 0.490 e. The van der Waals surface area contributed by atoms with E-state index in [9.17, 15) is 13.8 Å². The third-order valence-electron chi connectivity index (χ3n) is 11.2. The van der Waals surface area contributed by atoms with Crippen LogP contribution in [0, 0.1) is 24.7 Å². The maximum Gasteiger partial charge on any atom is 0.327 e. The van der Waals surface area contributed by atoms with Gasteiger partial charge in [0.2, 0.25) is 0 Å². The summed E-state index contributed by atoms with van der Waals surface area (Å²) in [5.41, 5.74) is 5.01. The van der Waals surface area contributed by atoms with E-state index in [-0.39, 0.29) is 29.2 Å². The molecule has 2 aromatic carbocycles. The van der Waals surface area contributed by atoms with E-state index in [0.717, 1.165) is 56.6 Å². The van der Waals surface area contributed by atoms with Crippen LogP contribution in [0.4, 0.5) is 10.5 Å². The maximum absolute atomic E-state index is 14.4. The Bertz CT molecular complexity index is 1730. The van der Waals surface area contributed by atoms with E-state index in [2.05, 4.69) is 56.6 Å². The molecule has 1 saturated carbocycles. The molecule has 7 atom stereocenters. The molecule has 2 aromatic rings. The normalized spacial score (nSPS) is 33.6. The summed E-state index contributed by atoms with van der Waals surface area (Å²) in [5, 5.41) is 2.83. The number of amides is 3. The molecule has 1 spiro atoms. The van der Waals surface area contributed by atoms with Crippen molar-refractivity contribution in [3.8, 4) is 5.75 Å². The highest BCUT2D eigenvalue weighted by Crippen LogP contribution is 2.47. The quantitative estimate of drug-likeness (QED) is 0.396. The average Bonchev–Trinajstić information content (AvgIpc) is 3.51. The van der Waals surface area contributed by atoms with Crippen LogP contribution in [0.15, 0.2) is 52.9 Å². The minimum absolute atomic E-state index is 0.0307. The molecular formula is C38H50N4O6S. The van der Waals surface area contributed by atoms with Crippen LogP contribution in [-0.4, -0.2) is 74.1 Å². The third-order valence-corrected chi connectivity index (χ3v) is 13.2. The van der Waals surface area contributed by atoms with Crippen molar-refractivity contribution in [1.82, 2.24) is 10.0 Å². The summed E-state index contributed by atoms with van der Waals surface area (Å²) in [6.45, 7) is 7.20. The fraction of sp³-hybridized carbons (Fsp3) is 0.579. The van der Waals surface area contributed by atoms with Gasteiger partial charge in [0.25, 0.3) is 5.91 Å². The molecule has 11 heteroatoms. The number of ether oxygens (including phenoxy) is 3. The highest BCUT2D eigenvalue weighted by atomic mass is 32.2. The fourth-order valence-corrected chi connectivity index (χ4v) is 10.4. The molecule has 2 N–H and O–H groups in total. The Morgan fingerprint density at radius 3 is 2.82 bits per heavy atom. The molecule has 0 radical (unpaired) electrons. The van der Waals surface area contributed by atoms with Crippen LogP contribution in [0.1, 0.15) is 72.5 Å². The van der Waals surface area contributed by atoms with Gasteiger partial charge in [0.1, 0.15) is 15.7 Å². The summed E-state index contributed by atoms with van der Waals surface area (Å²) in [4.78, 5) is 29.4. The van der Waals surface area contributed by atoms with E-state index in [1.165, 1.54) is 16.7 Å². The third kappa shape index (κ3) is 7.25. The molecule has 2 aliphatic carbocycles. The van der Waals surface area contributed by atoms with Crippen molar-refractivity contribution in [2.45, 2.75) is 76.4 Å². The molecule has 3 aliphatic heterocycles. The second-order valence-corrected chi connectivity index (χ2v) is 17.0. The molecule has 49 heavy (non-hydrogen) atoms. The molecular weight excluding hydrogens is 641 g/mol. The molecule has 3 heterocycles. The first-order valence-electron chi connectivity index (χ1n) is 17.9. The molecule has 7 rings (SSSR count). The van der Waals surface area contributed by atoms with Crippen molar-refractivity contribution in [3.63, 3.8) is 0 Å². The van der Waals surface area contributed by atoms with Crippen molar-refractivity contribution in [2.24, 2.45) is 22.1 Å². The predicted octanol–water partition coefficient (Wildman–Crippen LogP) is 5.72. The SMILES string of the molecule is CO[C@H]1/C=C/C[C@H](C)CS(=O)(NC(=O)N[C@@H]2CCOC2)=NC(=O)c2ccc3c(c2)N(C[C@@H]2CC[C@H]21)C[C@@]1(CCCc2cc(C)ccc21)CO3. The summed E-state index contributed by atoms with van der Waals surface area (Å²) in [7, 11) is -1.69. The first kappa shape index (κ1) is 34.1. The topological polar surface area (TPSA) is 119 Å². The molecule has 0 aromatic heterocycles. The number of allylic oxidation sites excluding steroid dienone is 1. The molecule has 2 bridgehead atoms. The zero-order valence-corrected chi connectivity index (χ0v) is 29.8. The van der Waals surface area contributed by atoms with E-state index in [0.29, 0.717) is 50.1 Å². The van der Waals surface area contributed by atoms with Gasteiger partial charge in [-0.1, -0.05) is 42.8 Å². The summed E-state index contributed by atoms with van der Waals surface area (Å²) in [6, 6.07) is 11.5. The number of methoxy groups -OCH3 is 1. The summed E-state index contributed by atoms with van der Waals surface area (Å²) < 4.78 is 39.3. The second kappa shape index (κ2) is 14.1. The van der Waals surface area contributed by atoms with Crippen molar-refractivity contribution in [2.75, 3.05) is 50.7 Å². The van der Waals surface area contributed by atoms with Crippen LogP contribution < -0.4 is 19.7 Å². The van der Waals surface area contributed by atoms with Gasteiger partial charge in [-0.25, -0.2) is 9.00 Å². The summed E-state index contributed by atoms with van der Waals surface area (Å²) in [5.74, 6) is 0.808. The van der Waals surface area contributed by atoms with Gasteiger partial charge in [-0.2, -0.15) is 0 Å². The number of hydrogen-bond acceptors (Lipinski definition) is 7. The zero-order valence-electron chi connectivity index (χ0n) is 29.0. The number of urea groups is 1. The standard InChI is InChI=1S/C38H50N4O6S/c1-25-9-13-32-27(18-25)7-5-16-38(32)23-42-20-29-10-12-31(29)34(46-3)8-4-6-26(2)22-49(45,41-37(44)39-30-15-17-47-21-30)40-36(43)28-11-14-35(48-24-38)33(42)19-28/h4,8-9,11,13-14,18-19,26,29-31,34H,5-7,10,12,15-17,20-24H2,1-3H3,(H2,39,40,41,43,44,45)/b8-4+/t26-,29-,30+,31+,34-,38-,49?/m0/s1. The summed E-state index contributed by atoms with van der Waals surface area (Å²) >= 11 is 0. The van der Waals surface area contributed by atoms with Crippen molar-refractivity contribution >= 4 is 27.5 Å². The van der Waals surface area contributed by atoms with Crippen LogP contribution in [0.2, 0.25) is 0 Å². The second-order valence-electron chi connectivity index (χ2n) is 15.0. The zero-order chi connectivity index (χ0) is 34.2. The van der Waals surface area contributed by atoms with Crippen molar-refractivity contribution < 1.29 is 28.0 Å². The van der Waals surface area contributed by atoms with E-state index < -0.39 is 21.9 Å². The lowest BCUT2D eigenvalue weighted by atomic mass is 9.68. The van der Waals surface area contributed by atoms with Crippen LogP contribution in [0.25, 0.3) is 0 Å². The number of carbonyl (C=O) groups is 2. The lowest BCUT2D eigenvalue weighted by Gasteiger charge is -2.46. The Morgan fingerprint density at radius 1 is 1.16 bits per heavy atom. The number of nitrogens with zero attached hydrogens (tertiary/aromatic N) is 2. The number of rotatable bonds is 3. The molecule has 1 unspecified atom stereocenters. The molecule has 2 fully saturated rings. The van der Waals surface area contributed by atoms with E-state index >= 15 is 0 Å². The first-order chi connectivity index (χ1) is 23.6. The first-order valence-corrected chi connectivity index (χ1v) is 19.6. The Hall–Kier alpha value is -3.41. The van der Waals surface area contributed by atoms with Gasteiger partial charge in [0, 0.05) is 37.8 Å². The van der Waals surface area contributed by atoms with Gasteiger partial charge in [0.15, 0.2) is 0 Å². The number of anilines is 1. The molecule has 5 aliphatic rings.